The average Bonchev–Trinajstić information content (AvgIpc) is 2.35. The smallest absolute Gasteiger partial charge is 0.0467 e. The zero-order chi connectivity index (χ0) is 13.6. The van der Waals surface area contributed by atoms with Crippen molar-refractivity contribution in [3.63, 3.8) is 0 Å². The molecule has 1 aromatic carbocycles. The van der Waals surface area contributed by atoms with Crippen molar-refractivity contribution in [1.82, 2.24) is 5.32 Å². The van der Waals surface area contributed by atoms with E-state index in [1.165, 1.54) is 9.13 Å². The monoisotopic (exact) mass is 361 g/mol. The Morgan fingerprint density at radius 1 is 1.28 bits per heavy atom. The van der Waals surface area contributed by atoms with Gasteiger partial charge >= 0.3 is 0 Å². The van der Waals surface area contributed by atoms with E-state index in [2.05, 4.69) is 72.9 Å². The zero-order valence-corrected chi connectivity index (χ0v) is 14.0. The van der Waals surface area contributed by atoms with Gasteiger partial charge in [-0.2, -0.15) is 0 Å². The number of hydrogen-bond donors (Lipinski definition) is 1. The van der Waals surface area contributed by atoms with E-state index in [0.717, 1.165) is 19.6 Å². The van der Waals surface area contributed by atoms with E-state index in [4.69, 9.17) is 4.74 Å². The maximum absolute atomic E-state index is 5.15. The molecule has 0 saturated heterocycles. The predicted octanol–water partition coefficient (Wildman–Crippen LogP) is 4.00. The lowest BCUT2D eigenvalue weighted by molar-refractivity contribution is 0.149. The average molecular weight is 361 g/mol. The van der Waals surface area contributed by atoms with E-state index in [-0.39, 0.29) is 5.41 Å². The van der Waals surface area contributed by atoms with Gasteiger partial charge in [-0.1, -0.05) is 26.0 Å². The van der Waals surface area contributed by atoms with Gasteiger partial charge in [-0.15, -0.1) is 0 Å². The predicted molar refractivity (Wildman–Crippen MR) is 85.9 cm³/mol. The summed E-state index contributed by atoms with van der Waals surface area (Å²) in [6.07, 6.45) is 1.08. The van der Waals surface area contributed by atoms with Crippen LogP contribution in [-0.2, 0) is 4.74 Å². The molecule has 0 fully saturated rings. The van der Waals surface area contributed by atoms with Crippen LogP contribution >= 0.6 is 22.6 Å². The summed E-state index contributed by atoms with van der Waals surface area (Å²) in [4.78, 5) is 0. The molecule has 0 radical (unpaired) electrons. The van der Waals surface area contributed by atoms with Gasteiger partial charge in [0, 0.05) is 29.9 Å². The Labute approximate surface area is 125 Å². The first-order valence-electron chi connectivity index (χ1n) is 6.42. The fourth-order valence-electron chi connectivity index (χ4n) is 1.77. The summed E-state index contributed by atoms with van der Waals surface area (Å²) in [5, 5.41) is 3.61. The van der Waals surface area contributed by atoms with Crippen molar-refractivity contribution in [2.75, 3.05) is 20.3 Å². The minimum Gasteiger partial charge on any atom is -0.385 e. The number of nitrogens with one attached hydrogen (secondary N) is 1. The highest BCUT2D eigenvalue weighted by Crippen LogP contribution is 2.21. The second-order valence-corrected chi connectivity index (χ2v) is 6.81. The summed E-state index contributed by atoms with van der Waals surface area (Å²) in [6, 6.07) is 9.10. The van der Waals surface area contributed by atoms with E-state index in [1.807, 2.05) is 0 Å². The number of ether oxygens (including phenoxy) is 1. The van der Waals surface area contributed by atoms with Crippen molar-refractivity contribution >= 4 is 22.6 Å². The van der Waals surface area contributed by atoms with Crippen LogP contribution < -0.4 is 5.32 Å². The third-order valence-corrected chi connectivity index (χ3v) is 3.96. The Hall–Kier alpha value is -0.130. The van der Waals surface area contributed by atoms with Gasteiger partial charge < -0.3 is 10.1 Å². The summed E-state index contributed by atoms with van der Waals surface area (Å²) < 4.78 is 6.44. The van der Waals surface area contributed by atoms with Crippen molar-refractivity contribution in [2.45, 2.75) is 33.2 Å². The van der Waals surface area contributed by atoms with Crippen LogP contribution in [0.25, 0.3) is 0 Å². The largest absolute Gasteiger partial charge is 0.385 e. The van der Waals surface area contributed by atoms with Gasteiger partial charge in [0.15, 0.2) is 0 Å². The maximum Gasteiger partial charge on any atom is 0.0467 e. The van der Waals surface area contributed by atoms with E-state index in [1.54, 1.807) is 7.11 Å². The number of rotatable bonds is 7. The molecule has 0 aliphatic carbocycles. The van der Waals surface area contributed by atoms with Crippen LogP contribution in [0.5, 0.6) is 0 Å². The molecule has 102 valence electrons. The van der Waals surface area contributed by atoms with Gasteiger partial charge in [-0.25, -0.2) is 0 Å². The van der Waals surface area contributed by atoms with Gasteiger partial charge in [0.25, 0.3) is 0 Å². The van der Waals surface area contributed by atoms with Crippen LogP contribution in [-0.4, -0.2) is 20.3 Å². The molecule has 0 saturated carbocycles. The fraction of sp³-hybridized carbons (Fsp3) is 0.600. The second kappa shape index (κ2) is 7.46. The molecule has 1 N–H and O–H groups in total. The molecule has 1 aromatic rings. The quantitative estimate of drug-likeness (QED) is 0.741. The molecule has 1 rings (SSSR count). The Bertz CT molecular complexity index is 348. The minimum atomic E-state index is 0.271. The molecule has 0 spiro atoms. The molecule has 2 nitrogen and oxygen atoms in total. The summed E-state index contributed by atoms with van der Waals surface area (Å²) >= 11 is 2.33. The first-order valence-corrected chi connectivity index (χ1v) is 7.50. The molecule has 18 heavy (non-hydrogen) atoms. The molecular weight excluding hydrogens is 337 g/mol. The molecule has 0 heterocycles. The van der Waals surface area contributed by atoms with Crippen molar-refractivity contribution < 1.29 is 4.74 Å². The molecule has 1 unspecified atom stereocenters. The summed E-state index contributed by atoms with van der Waals surface area (Å²) in [7, 11) is 1.76. The highest BCUT2D eigenvalue weighted by atomic mass is 127. The Morgan fingerprint density at radius 2 is 1.89 bits per heavy atom. The van der Waals surface area contributed by atoms with Crippen molar-refractivity contribution in [1.29, 1.82) is 0 Å². The van der Waals surface area contributed by atoms with Gasteiger partial charge in [0.05, 0.1) is 0 Å². The molecule has 0 bridgehead atoms. The molecule has 0 amide bonds. The van der Waals surface area contributed by atoms with Crippen LogP contribution in [0.2, 0.25) is 0 Å². The van der Waals surface area contributed by atoms with Crippen LogP contribution in [0.3, 0.4) is 0 Å². The van der Waals surface area contributed by atoms with E-state index in [0.29, 0.717) is 6.04 Å². The standard InChI is InChI=1S/C15H24INO/c1-12(13-5-7-14(16)8-6-13)17-11-15(2,3)9-10-18-4/h5-8,12,17H,9-11H2,1-4H3. The zero-order valence-electron chi connectivity index (χ0n) is 11.8. The second-order valence-electron chi connectivity index (χ2n) is 5.56. The third kappa shape index (κ3) is 5.67. The van der Waals surface area contributed by atoms with Gasteiger partial charge in [-0.05, 0) is 59.0 Å². The van der Waals surface area contributed by atoms with E-state index >= 15 is 0 Å². The Balaban J connectivity index is 2.45. The van der Waals surface area contributed by atoms with Gasteiger partial charge in [-0.3, -0.25) is 0 Å². The summed E-state index contributed by atoms with van der Waals surface area (Å²) in [5.74, 6) is 0. The number of methoxy groups -OCH3 is 1. The fourth-order valence-corrected chi connectivity index (χ4v) is 2.13. The van der Waals surface area contributed by atoms with E-state index < -0.39 is 0 Å². The molecule has 0 aliphatic rings. The summed E-state index contributed by atoms with van der Waals surface area (Å²) in [6.45, 7) is 8.60. The normalized spacial score (nSPS) is 13.6. The van der Waals surface area contributed by atoms with Crippen LogP contribution in [0, 0.1) is 8.99 Å². The lowest BCUT2D eigenvalue weighted by Gasteiger charge is -2.27. The highest BCUT2D eigenvalue weighted by Gasteiger charge is 2.18. The van der Waals surface area contributed by atoms with E-state index in [9.17, 15) is 0 Å². The minimum absolute atomic E-state index is 0.271. The Kier molecular flexibility index (Phi) is 6.60. The molecule has 0 aliphatic heterocycles. The topological polar surface area (TPSA) is 21.3 Å². The van der Waals surface area contributed by atoms with Crippen molar-refractivity contribution in [2.24, 2.45) is 5.41 Å². The lowest BCUT2D eigenvalue weighted by Crippen LogP contribution is -2.32. The van der Waals surface area contributed by atoms with Crippen LogP contribution in [0.15, 0.2) is 24.3 Å². The molecular formula is C15H24INO. The molecule has 0 aromatic heterocycles. The van der Waals surface area contributed by atoms with Gasteiger partial charge in [0.1, 0.15) is 0 Å². The van der Waals surface area contributed by atoms with Crippen molar-refractivity contribution in [3.8, 4) is 0 Å². The van der Waals surface area contributed by atoms with Crippen molar-refractivity contribution in [3.05, 3.63) is 33.4 Å². The SMILES string of the molecule is COCCC(C)(C)CNC(C)c1ccc(I)cc1. The number of halogens is 1. The number of hydrogen-bond acceptors (Lipinski definition) is 2. The highest BCUT2D eigenvalue weighted by molar-refractivity contribution is 14.1. The number of benzene rings is 1. The molecule has 3 heteroatoms. The van der Waals surface area contributed by atoms with Crippen LogP contribution in [0.1, 0.15) is 38.8 Å². The third-order valence-electron chi connectivity index (χ3n) is 3.24. The first kappa shape index (κ1) is 15.9. The summed E-state index contributed by atoms with van der Waals surface area (Å²) in [5.41, 5.74) is 1.62. The lowest BCUT2D eigenvalue weighted by atomic mass is 9.89. The first-order chi connectivity index (χ1) is 8.44. The molecule has 1 atom stereocenters. The Morgan fingerprint density at radius 3 is 2.44 bits per heavy atom. The van der Waals surface area contributed by atoms with Crippen LogP contribution in [0.4, 0.5) is 0 Å². The van der Waals surface area contributed by atoms with Gasteiger partial charge in [0.2, 0.25) is 0 Å². The maximum atomic E-state index is 5.15.